The Morgan fingerprint density at radius 3 is 2.79 bits per heavy atom. The maximum absolute atomic E-state index is 12.0. The van der Waals surface area contributed by atoms with E-state index < -0.39 is 14.9 Å². The van der Waals surface area contributed by atoms with Crippen LogP contribution in [-0.4, -0.2) is 37.5 Å². The van der Waals surface area contributed by atoms with E-state index in [1.807, 2.05) is 0 Å². The monoisotopic (exact) mass is 286 g/mol. The molecule has 1 fully saturated rings. The minimum Gasteiger partial charge on any atom is -0.315 e. The van der Waals surface area contributed by atoms with Crippen LogP contribution in [0.3, 0.4) is 0 Å². The van der Waals surface area contributed by atoms with Gasteiger partial charge in [0.2, 0.25) is 0 Å². The SMILES string of the molecule is O=[N+]([O-])c1ccc(S(=O)(=O)NC2CCCNC2)nc1. The Bertz CT molecular complexity index is 551. The first-order valence-corrected chi connectivity index (χ1v) is 7.31. The predicted octanol–water partition coefficient (Wildman–Crippen LogP) is 0.0201. The zero-order valence-corrected chi connectivity index (χ0v) is 10.9. The molecular weight excluding hydrogens is 272 g/mol. The van der Waals surface area contributed by atoms with Crippen molar-refractivity contribution in [3.05, 3.63) is 28.4 Å². The highest BCUT2D eigenvalue weighted by atomic mass is 32.2. The third kappa shape index (κ3) is 3.46. The lowest BCUT2D eigenvalue weighted by Crippen LogP contribution is -2.45. The summed E-state index contributed by atoms with van der Waals surface area (Å²) in [5.74, 6) is 0. The van der Waals surface area contributed by atoms with Gasteiger partial charge in [0, 0.05) is 18.7 Å². The third-order valence-electron chi connectivity index (χ3n) is 2.83. The van der Waals surface area contributed by atoms with Crippen molar-refractivity contribution in [2.75, 3.05) is 13.1 Å². The number of nitro groups is 1. The molecule has 19 heavy (non-hydrogen) atoms. The van der Waals surface area contributed by atoms with Crippen LogP contribution in [0.15, 0.2) is 23.4 Å². The average molecular weight is 286 g/mol. The third-order valence-corrected chi connectivity index (χ3v) is 4.26. The number of rotatable bonds is 4. The van der Waals surface area contributed by atoms with Crippen molar-refractivity contribution in [3.8, 4) is 0 Å². The van der Waals surface area contributed by atoms with Crippen molar-refractivity contribution in [1.82, 2.24) is 15.0 Å². The van der Waals surface area contributed by atoms with Crippen LogP contribution in [0.25, 0.3) is 0 Å². The van der Waals surface area contributed by atoms with Crippen LogP contribution in [0.1, 0.15) is 12.8 Å². The molecule has 2 heterocycles. The van der Waals surface area contributed by atoms with E-state index in [4.69, 9.17) is 0 Å². The molecule has 1 aliphatic rings. The van der Waals surface area contributed by atoms with Gasteiger partial charge >= 0.3 is 0 Å². The molecule has 0 radical (unpaired) electrons. The molecule has 0 bridgehead atoms. The molecule has 1 aliphatic heterocycles. The summed E-state index contributed by atoms with van der Waals surface area (Å²) in [7, 11) is -3.73. The van der Waals surface area contributed by atoms with Crippen molar-refractivity contribution >= 4 is 15.7 Å². The van der Waals surface area contributed by atoms with E-state index in [0.717, 1.165) is 37.7 Å². The van der Waals surface area contributed by atoms with Crippen LogP contribution in [0.4, 0.5) is 5.69 Å². The lowest BCUT2D eigenvalue weighted by molar-refractivity contribution is -0.385. The second-order valence-corrected chi connectivity index (χ2v) is 5.94. The second kappa shape index (κ2) is 5.59. The number of hydrogen-bond donors (Lipinski definition) is 2. The summed E-state index contributed by atoms with van der Waals surface area (Å²) >= 11 is 0. The van der Waals surface area contributed by atoms with E-state index in [0.29, 0.717) is 6.54 Å². The molecular formula is C10H14N4O4S. The van der Waals surface area contributed by atoms with E-state index >= 15 is 0 Å². The van der Waals surface area contributed by atoms with Gasteiger partial charge in [-0.05, 0) is 25.5 Å². The van der Waals surface area contributed by atoms with Crippen molar-refractivity contribution in [3.63, 3.8) is 0 Å². The molecule has 1 unspecified atom stereocenters. The fourth-order valence-corrected chi connectivity index (χ4v) is 3.07. The summed E-state index contributed by atoms with van der Waals surface area (Å²) in [5.41, 5.74) is -0.238. The molecule has 0 aliphatic carbocycles. The molecule has 2 rings (SSSR count). The Balaban J connectivity index is 2.12. The number of sulfonamides is 1. The van der Waals surface area contributed by atoms with E-state index in [9.17, 15) is 18.5 Å². The van der Waals surface area contributed by atoms with E-state index in [2.05, 4.69) is 15.0 Å². The Morgan fingerprint density at radius 2 is 2.26 bits per heavy atom. The van der Waals surface area contributed by atoms with Crippen LogP contribution < -0.4 is 10.0 Å². The Hall–Kier alpha value is -1.58. The van der Waals surface area contributed by atoms with Gasteiger partial charge in [0.05, 0.1) is 4.92 Å². The summed E-state index contributed by atoms with van der Waals surface area (Å²) in [4.78, 5) is 13.5. The molecule has 8 nitrogen and oxygen atoms in total. The molecule has 0 saturated carbocycles. The first kappa shape index (κ1) is 13.8. The van der Waals surface area contributed by atoms with E-state index in [1.54, 1.807) is 0 Å². The summed E-state index contributed by atoms with van der Waals surface area (Å²) in [6.45, 7) is 1.46. The maximum atomic E-state index is 12.0. The molecule has 1 saturated heterocycles. The number of hydrogen-bond acceptors (Lipinski definition) is 6. The van der Waals surface area contributed by atoms with Gasteiger partial charge in [-0.25, -0.2) is 18.1 Å². The zero-order valence-electron chi connectivity index (χ0n) is 10.1. The largest absolute Gasteiger partial charge is 0.315 e. The van der Waals surface area contributed by atoms with Crippen molar-refractivity contribution in [2.45, 2.75) is 23.9 Å². The van der Waals surface area contributed by atoms with Crippen molar-refractivity contribution in [2.24, 2.45) is 0 Å². The van der Waals surface area contributed by atoms with Gasteiger partial charge in [-0.2, -0.15) is 0 Å². The van der Waals surface area contributed by atoms with Gasteiger partial charge in [-0.1, -0.05) is 0 Å². The van der Waals surface area contributed by atoms with Gasteiger partial charge < -0.3 is 5.32 Å². The standard InChI is InChI=1S/C10H14N4O4S/c15-14(16)9-3-4-10(12-7-9)19(17,18)13-8-2-1-5-11-6-8/h3-4,7-8,11,13H,1-2,5-6H2. The molecule has 1 atom stereocenters. The highest BCUT2D eigenvalue weighted by Crippen LogP contribution is 2.13. The molecule has 1 aromatic heterocycles. The van der Waals surface area contributed by atoms with Crippen LogP contribution >= 0.6 is 0 Å². The Labute approximate surface area is 110 Å². The summed E-state index contributed by atoms with van der Waals surface area (Å²) in [6.07, 6.45) is 2.60. The van der Waals surface area contributed by atoms with Gasteiger partial charge in [-0.15, -0.1) is 0 Å². The fraction of sp³-hybridized carbons (Fsp3) is 0.500. The van der Waals surface area contributed by atoms with Gasteiger partial charge in [-0.3, -0.25) is 10.1 Å². The summed E-state index contributed by atoms with van der Waals surface area (Å²) < 4.78 is 26.6. The normalized spacial score (nSPS) is 20.1. The first-order chi connectivity index (χ1) is 8.99. The van der Waals surface area contributed by atoms with Gasteiger partial charge in [0.1, 0.15) is 6.20 Å². The second-order valence-electron chi connectivity index (χ2n) is 4.28. The molecule has 2 N–H and O–H groups in total. The lowest BCUT2D eigenvalue weighted by Gasteiger charge is -2.23. The molecule has 0 aromatic carbocycles. The number of piperidine rings is 1. The van der Waals surface area contributed by atoms with Crippen LogP contribution in [-0.2, 0) is 10.0 Å². The van der Waals surface area contributed by atoms with Crippen molar-refractivity contribution in [1.29, 1.82) is 0 Å². The minimum atomic E-state index is -3.73. The van der Waals surface area contributed by atoms with E-state index in [-0.39, 0.29) is 16.8 Å². The quantitative estimate of drug-likeness (QED) is 0.595. The smallest absolute Gasteiger partial charge is 0.287 e. The summed E-state index contributed by atoms with van der Waals surface area (Å²) in [6, 6.07) is 2.09. The highest BCUT2D eigenvalue weighted by molar-refractivity contribution is 7.89. The fourth-order valence-electron chi connectivity index (χ4n) is 1.87. The minimum absolute atomic E-state index is 0.171. The topological polar surface area (TPSA) is 114 Å². The van der Waals surface area contributed by atoms with Crippen molar-refractivity contribution < 1.29 is 13.3 Å². The van der Waals surface area contributed by atoms with Gasteiger partial charge in [0.25, 0.3) is 15.7 Å². The zero-order chi connectivity index (χ0) is 13.9. The maximum Gasteiger partial charge on any atom is 0.287 e. The number of nitrogens with zero attached hydrogens (tertiary/aromatic N) is 2. The average Bonchev–Trinajstić information content (AvgIpc) is 2.39. The molecule has 104 valence electrons. The Morgan fingerprint density at radius 1 is 1.47 bits per heavy atom. The number of pyridine rings is 1. The highest BCUT2D eigenvalue weighted by Gasteiger charge is 2.23. The van der Waals surface area contributed by atoms with Gasteiger partial charge in [0.15, 0.2) is 5.03 Å². The van der Waals surface area contributed by atoms with E-state index in [1.165, 1.54) is 0 Å². The molecule has 9 heteroatoms. The first-order valence-electron chi connectivity index (χ1n) is 5.82. The number of nitrogens with one attached hydrogen (secondary N) is 2. The molecule has 0 spiro atoms. The van der Waals surface area contributed by atoms with Crippen LogP contribution in [0.5, 0.6) is 0 Å². The predicted molar refractivity (Wildman–Crippen MR) is 67.1 cm³/mol. The molecule has 0 amide bonds. The Kier molecular flexibility index (Phi) is 4.08. The van der Waals surface area contributed by atoms with Crippen LogP contribution in [0, 0.1) is 10.1 Å². The molecule has 1 aromatic rings. The number of aromatic nitrogens is 1. The van der Waals surface area contributed by atoms with Crippen LogP contribution in [0.2, 0.25) is 0 Å². The summed E-state index contributed by atoms with van der Waals surface area (Å²) in [5, 5.41) is 13.4. The lowest BCUT2D eigenvalue weighted by atomic mass is 10.1.